The highest BCUT2D eigenvalue weighted by molar-refractivity contribution is 4.77. The first-order valence-corrected chi connectivity index (χ1v) is 6.36. The van der Waals surface area contributed by atoms with Gasteiger partial charge >= 0.3 is 0 Å². The summed E-state index contributed by atoms with van der Waals surface area (Å²) < 4.78 is 1.97. The van der Waals surface area contributed by atoms with E-state index in [1.165, 1.54) is 38.9 Å². The van der Waals surface area contributed by atoms with Crippen molar-refractivity contribution in [3.05, 3.63) is 18.5 Å². The lowest BCUT2D eigenvalue weighted by Gasteiger charge is -2.14. The molecule has 1 aromatic rings. The lowest BCUT2D eigenvalue weighted by molar-refractivity contribution is 0.330. The molecule has 2 rings (SSSR count). The third-order valence-corrected chi connectivity index (χ3v) is 3.10. The van der Waals surface area contributed by atoms with Crippen molar-refractivity contribution in [2.75, 3.05) is 32.7 Å². The van der Waals surface area contributed by atoms with Gasteiger partial charge in [-0.1, -0.05) is 0 Å². The molecule has 16 heavy (non-hydrogen) atoms. The summed E-state index contributed by atoms with van der Waals surface area (Å²) in [6.45, 7) is 6.99. The van der Waals surface area contributed by atoms with Crippen LogP contribution in [-0.2, 0) is 6.54 Å². The average Bonchev–Trinajstić information content (AvgIpc) is 2.96. The Balaban J connectivity index is 1.43. The molecule has 1 saturated heterocycles. The lowest BCUT2D eigenvalue weighted by atomic mass is 10.4. The van der Waals surface area contributed by atoms with Gasteiger partial charge in [0.15, 0.2) is 0 Å². The standard InChI is InChI=1S/C12H22N4/c1-2-9-15(8-1)10-3-5-13-7-12-16-11-4-6-14-16/h4,6,11,13H,1-3,5,7-10,12H2. The Morgan fingerprint density at radius 1 is 1.12 bits per heavy atom. The Morgan fingerprint density at radius 3 is 2.75 bits per heavy atom. The smallest absolute Gasteiger partial charge is 0.0533 e. The fraction of sp³-hybridized carbons (Fsp3) is 0.750. The van der Waals surface area contributed by atoms with Gasteiger partial charge in [0, 0.05) is 18.9 Å². The maximum Gasteiger partial charge on any atom is 0.0533 e. The van der Waals surface area contributed by atoms with E-state index in [9.17, 15) is 0 Å². The molecule has 2 heterocycles. The maximum absolute atomic E-state index is 4.17. The second-order valence-corrected chi connectivity index (χ2v) is 4.42. The molecule has 90 valence electrons. The van der Waals surface area contributed by atoms with Gasteiger partial charge in [-0.05, 0) is 51.5 Å². The molecule has 0 atom stereocenters. The molecule has 1 fully saturated rings. The summed E-state index contributed by atoms with van der Waals surface area (Å²) in [6, 6.07) is 1.97. The first kappa shape index (κ1) is 11.6. The number of likely N-dealkylation sites (tertiary alicyclic amines) is 1. The monoisotopic (exact) mass is 222 g/mol. The van der Waals surface area contributed by atoms with Gasteiger partial charge in [0.25, 0.3) is 0 Å². The normalized spacial score (nSPS) is 17.0. The minimum Gasteiger partial charge on any atom is -0.315 e. The highest BCUT2D eigenvalue weighted by atomic mass is 15.3. The van der Waals surface area contributed by atoms with E-state index in [0.717, 1.165) is 19.6 Å². The Labute approximate surface area is 97.6 Å². The average molecular weight is 222 g/mol. The molecule has 4 nitrogen and oxygen atoms in total. The second-order valence-electron chi connectivity index (χ2n) is 4.42. The number of aromatic nitrogens is 2. The van der Waals surface area contributed by atoms with Gasteiger partial charge in [-0.15, -0.1) is 0 Å². The first-order valence-electron chi connectivity index (χ1n) is 6.36. The maximum atomic E-state index is 4.17. The van der Waals surface area contributed by atoms with Crippen molar-refractivity contribution in [3.8, 4) is 0 Å². The molecule has 0 aliphatic carbocycles. The Hall–Kier alpha value is -0.870. The van der Waals surface area contributed by atoms with Gasteiger partial charge in [0.2, 0.25) is 0 Å². The predicted octanol–water partition coefficient (Wildman–Crippen LogP) is 0.959. The van der Waals surface area contributed by atoms with Gasteiger partial charge < -0.3 is 10.2 Å². The van der Waals surface area contributed by atoms with Gasteiger partial charge in [-0.2, -0.15) is 5.10 Å². The number of nitrogens with zero attached hydrogens (tertiary/aromatic N) is 3. The molecule has 4 heteroatoms. The van der Waals surface area contributed by atoms with E-state index >= 15 is 0 Å². The summed E-state index contributed by atoms with van der Waals surface area (Å²) >= 11 is 0. The van der Waals surface area contributed by atoms with Crippen LogP contribution in [0.4, 0.5) is 0 Å². The molecule has 0 amide bonds. The van der Waals surface area contributed by atoms with Crippen LogP contribution >= 0.6 is 0 Å². The van der Waals surface area contributed by atoms with Crippen LogP contribution in [0.3, 0.4) is 0 Å². The number of rotatable bonds is 7. The second kappa shape index (κ2) is 6.66. The molecule has 0 spiro atoms. The van der Waals surface area contributed by atoms with E-state index in [4.69, 9.17) is 0 Å². The molecule has 0 saturated carbocycles. The molecule has 0 radical (unpaired) electrons. The van der Waals surface area contributed by atoms with Crippen LogP contribution in [-0.4, -0.2) is 47.4 Å². The predicted molar refractivity (Wildman–Crippen MR) is 65.4 cm³/mol. The summed E-state index contributed by atoms with van der Waals surface area (Å²) in [5.74, 6) is 0. The van der Waals surface area contributed by atoms with Crippen LogP contribution in [0.5, 0.6) is 0 Å². The van der Waals surface area contributed by atoms with E-state index in [-0.39, 0.29) is 0 Å². The van der Waals surface area contributed by atoms with Crippen molar-refractivity contribution in [2.24, 2.45) is 0 Å². The lowest BCUT2D eigenvalue weighted by Crippen LogP contribution is -2.26. The zero-order chi connectivity index (χ0) is 11.1. The van der Waals surface area contributed by atoms with Gasteiger partial charge in [-0.25, -0.2) is 0 Å². The third-order valence-electron chi connectivity index (χ3n) is 3.10. The number of hydrogen-bond acceptors (Lipinski definition) is 3. The Morgan fingerprint density at radius 2 is 2.00 bits per heavy atom. The van der Waals surface area contributed by atoms with E-state index in [1.807, 2.05) is 23.1 Å². The highest BCUT2D eigenvalue weighted by Gasteiger charge is 2.09. The van der Waals surface area contributed by atoms with Crippen molar-refractivity contribution >= 4 is 0 Å². The van der Waals surface area contributed by atoms with Crippen LogP contribution in [0.25, 0.3) is 0 Å². The topological polar surface area (TPSA) is 33.1 Å². The molecule has 1 aliphatic rings. The fourth-order valence-electron chi connectivity index (χ4n) is 2.19. The van der Waals surface area contributed by atoms with Crippen LogP contribution in [0, 0.1) is 0 Å². The Bertz CT molecular complexity index is 265. The third kappa shape index (κ3) is 3.94. The molecule has 0 unspecified atom stereocenters. The summed E-state index contributed by atoms with van der Waals surface area (Å²) in [4.78, 5) is 2.56. The quantitative estimate of drug-likeness (QED) is 0.698. The zero-order valence-corrected chi connectivity index (χ0v) is 9.94. The SMILES string of the molecule is c1cnn(CCNCCCN2CCCC2)c1. The minimum absolute atomic E-state index is 0.969. The van der Waals surface area contributed by atoms with Crippen molar-refractivity contribution in [1.82, 2.24) is 20.0 Å². The minimum atomic E-state index is 0.969. The number of hydrogen-bond donors (Lipinski definition) is 1. The molecule has 1 aromatic heterocycles. The van der Waals surface area contributed by atoms with Gasteiger partial charge in [0.1, 0.15) is 0 Å². The van der Waals surface area contributed by atoms with E-state index in [1.54, 1.807) is 0 Å². The van der Waals surface area contributed by atoms with Crippen LogP contribution in [0.1, 0.15) is 19.3 Å². The molecule has 1 aliphatic heterocycles. The largest absolute Gasteiger partial charge is 0.315 e. The molecular formula is C12H22N4. The zero-order valence-electron chi connectivity index (χ0n) is 9.94. The molecular weight excluding hydrogens is 200 g/mol. The summed E-state index contributed by atoms with van der Waals surface area (Å²) in [5, 5.41) is 7.63. The molecule has 0 aromatic carbocycles. The van der Waals surface area contributed by atoms with Crippen molar-refractivity contribution < 1.29 is 0 Å². The van der Waals surface area contributed by atoms with Crippen molar-refractivity contribution in [2.45, 2.75) is 25.8 Å². The Kier molecular flexibility index (Phi) is 4.83. The van der Waals surface area contributed by atoms with Gasteiger partial charge in [-0.3, -0.25) is 4.68 Å². The van der Waals surface area contributed by atoms with E-state index in [2.05, 4.69) is 15.3 Å². The van der Waals surface area contributed by atoms with E-state index < -0.39 is 0 Å². The first-order chi connectivity index (χ1) is 7.95. The molecule has 1 N–H and O–H groups in total. The summed E-state index contributed by atoms with van der Waals surface area (Å²) in [5.41, 5.74) is 0. The van der Waals surface area contributed by atoms with Gasteiger partial charge in [0.05, 0.1) is 6.54 Å². The van der Waals surface area contributed by atoms with E-state index in [0.29, 0.717) is 0 Å². The highest BCUT2D eigenvalue weighted by Crippen LogP contribution is 2.06. The van der Waals surface area contributed by atoms with Crippen molar-refractivity contribution in [3.63, 3.8) is 0 Å². The van der Waals surface area contributed by atoms with Crippen LogP contribution in [0.2, 0.25) is 0 Å². The van der Waals surface area contributed by atoms with Crippen LogP contribution < -0.4 is 5.32 Å². The number of nitrogens with one attached hydrogen (secondary N) is 1. The summed E-state index contributed by atoms with van der Waals surface area (Å²) in [7, 11) is 0. The molecule has 0 bridgehead atoms. The van der Waals surface area contributed by atoms with Crippen LogP contribution in [0.15, 0.2) is 18.5 Å². The summed E-state index contributed by atoms with van der Waals surface area (Å²) in [6.07, 6.45) is 7.89. The van der Waals surface area contributed by atoms with Crippen molar-refractivity contribution in [1.29, 1.82) is 0 Å². The fourth-order valence-corrected chi connectivity index (χ4v) is 2.19.